The molecule has 0 aliphatic carbocycles. The summed E-state index contributed by atoms with van der Waals surface area (Å²) in [7, 11) is 0. The van der Waals surface area contributed by atoms with Crippen molar-refractivity contribution >= 4 is 44.1 Å². The molecule has 1 aliphatic heterocycles. The van der Waals surface area contributed by atoms with E-state index in [1.165, 1.54) is 16.9 Å². The van der Waals surface area contributed by atoms with Crippen LogP contribution in [-0.4, -0.2) is 22.5 Å². The van der Waals surface area contributed by atoms with Crippen LogP contribution in [0.5, 0.6) is 0 Å². The lowest BCUT2D eigenvalue weighted by molar-refractivity contribution is 0.207. The molecule has 0 bridgehead atoms. The Morgan fingerprint density at radius 3 is 3.05 bits per heavy atom. The van der Waals surface area contributed by atoms with Gasteiger partial charge >= 0.3 is 6.03 Å². The van der Waals surface area contributed by atoms with Gasteiger partial charge in [-0.3, -0.25) is 5.32 Å². The minimum atomic E-state index is -0.0484. The molecule has 0 unspecified atom stereocenters. The van der Waals surface area contributed by atoms with E-state index < -0.39 is 0 Å². The van der Waals surface area contributed by atoms with Crippen molar-refractivity contribution in [3.63, 3.8) is 0 Å². The van der Waals surface area contributed by atoms with Crippen molar-refractivity contribution in [2.24, 2.45) is 0 Å². The Morgan fingerprint density at radius 2 is 2.23 bits per heavy atom. The van der Waals surface area contributed by atoms with Crippen LogP contribution in [0.4, 0.5) is 9.93 Å². The summed E-state index contributed by atoms with van der Waals surface area (Å²) in [5.74, 6) is 0. The predicted octanol–water partition coefficient (Wildman–Crippen LogP) is 4.73. The average Bonchev–Trinajstić information content (AvgIpc) is 3.25. The van der Waals surface area contributed by atoms with Gasteiger partial charge in [0.1, 0.15) is 0 Å². The summed E-state index contributed by atoms with van der Waals surface area (Å²) in [6.45, 7) is 0.803. The van der Waals surface area contributed by atoms with Crippen LogP contribution in [0.25, 0.3) is 10.2 Å². The fourth-order valence-corrected chi connectivity index (χ4v) is 4.47. The minimum absolute atomic E-state index is 0.0484. The number of likely N-dealkylation sites (tertiary alicyclic amines) is 1. The zero-order valence-corrected chi connectivity index (χ0v) is 13.5. The second-order valence-electron chi connectivity index (χ2n) is 5.32. The van der Waals surface area contributed by atoms with Crippen molar-refractivity contribution in [3.8, 4) is 0 Å². The maximum absolute atomic E-state index is 12.6. The molecule has 1 atom stereocenters. The molecule has 0 spiro atoms. The van der Waals surface area contributed by atoms with Gasteiger partial charge in [0.15, 0.2) is 5.13 Å². The number of thiazole rings is 1. The van der Waals surface area contributed by atoms with Crippen molar-refractivity contribution < 1.29 is 4.79 Å². The Kier molecular flexibility index (Phi) is 3.56. The zero-order valence-electron chi connectivity index (χ0n) is 11.9. The molecule has 2 aromatic heterocycles. The summed E-state index contributed by atoms with van der Waals surface area (Å²) >= 11 is 3.19. The Balaban J connectivity index is 1.53. The first-order chi connectivity index (χ1) is 10.8. The molecule has 6 heteroatoms. The lowest BCUT2D eigenvalue weighted by atomic mass is 10.1. The second-order valence-corrected chi connectivity index (χ2v) is 7.14. The fourth-order valence-electron chi connectivity index (χ4n) is 2.91. The van der Waals surface area contributed by atoms with Crippen molar-refractivity contribution in [1.82, 2.24) is 9.88 Å². The Morgan fingerprint density at radius 1 is 1.32 bits per heavy atom. The number of benzene rings is 1. The molecular formula is C16H15N3OS2. The van der Waals surface area contributed by atoms with E-state index in [-0.39, 0.29) is 12.1 Å². The number of rotatable bonds is 2. The molecule has 22 heavy (non-hydrogen) atoms. The summed E-state index contributed by atoms with van der Waals surface area (Å²) in [5.41, 5.74) is 2.17. The van der Waals surface area contributed by atoms with Gasteiger partial charge in [0.2, 0.25) is 0 Å². The summed E-state index contributed by atoms with van der Waals surface area (Å²) < 4.78 is 1.09. The van der Waals surface area contributed by atoms with E-state index in [4.69, 9.17) is 0 Å². The number of para-hydroxylation sites is 1. The highest BCUT2D eigenvalue weighted by atomic mass is 32.1. The first-order valence-electron chi connectivity index (χ1n) is 7.26. The van der Waals surface area contributed by atoms with Crippen LogP contribution in [0.3, 0.4) is 0 Å². The van der Waals surface area contributed by atoms with Gasteiger partial charge in [0.25, 0.3) is 0 Å². The number of anilines is 1. The molecular weight excluding hydrogens is 314 g/mol. The summed E-state index contributed by atoms with van der Waals surface area (Å²) in [4.78, 5) is 19.0. The molecule has 0 saturated carbocycles. The smallest absolute Gasteiger partial charge is 0.317 e. The van der Waals surface area contributed by atoms with E-state index in [0.717, 1.165) is 29.6 Å². The van der Waals surface area contributed by atoms with Gasteiger partial charge in [-0.15, -0.1) is 0 Å². The van der Waals surface area contributed by atoms with Gasteiger partial charge in [-0.05, 0) is 47.4 Å². The summed E-state index contributed by atoms with van der Waals surface area (Å²) in [6, 6.07) is 10.2. The quantitative estimate of drug-likeness (QED) is 0.739. The molecule has 0 radical (unpaired) electrons. The molecule has 1 saturated heterocycles. The summed E-state index contributed by atoms with van der Waals surface area (Å²) in [5, 5.41) is 7.83. The largest absolute Gasteiger partial charge is 0.324 e. The van der Waals surface area contributed by atoms with Crippen LogP contribution in [-0.2, 0) is 0 Å². The zero-order chi connectivity index (χ0) is 14.9. The second kappa shape index (κ2) is 5.70. The number of nitrogens with zero attached hydrogens (tertiary/aromatic N) is 2. The summed E-state index contributed by atoms with van der Waals surface area (Å²) in [6.07, 6.45) is 2.08. The van der Waals surface area contributed by atoms with Crippen LogP contribution in [0.2, 0.25) is 0 Å². The number of hydrogen-bond donors (Lipinski definition) is 1. The SMILES string of the molecule is O=C(Nc1nc2ccccc2s1)N1CCC[C@@H]1c1ccsc1. The monoisotopic (exact) mass is 329 g/mol. The molecule has 2 amide bonds. The maximum atomic E-state index is 12.6. The van der Waals surface area contributed by atoms with E-state index in [1.807, 2.05) is 29.2 Å². The van der Waals surface area contributed by atoms with Gasteiger partial charge in [0, 0.05) is 6.54 Å². The molecule has 1 N–H and O–H groups in total. The normalized spacial score (nSPS) is 18.0. The van der Waals surface area contributed by atoms with Crippen LogP contribution >= 0.6 is 22.7 Å². The highest BCUT2D eigenvalue weighted by molar-refractivity contribution is 7.22. The first-order valence-corrected chi connectivity index (χ1v) is 9.02. The van der Waals surface area contributed by atoms with Crippen molar-refractivity contribution in [1.29, 1.82) is 0 Å². The van der Waals surface area contributed by atoms with Gasteiger partial charge in [0.05, 0.1) is 16.3 Å². The molecule has 4 rings (SSSR count). The molecule has 1 aliphatic rings. The van der Waals surface area contributed by atoms with E-state index in [2.05, 4.69) is 27.1 Å². The topological polar surface area (TPSA) is 45.2 Å². The number of urea groups is 1. The van der Waals surface area contributed by atoms with Crippen molar-refractivity contribution in [2.45, 2.75) is 18.9 Å². The third kappa shape index (κ3) is 2.48. The van der Waals surface area contributed by atoms with E-state index >= 15 is 0 Å². The highest BCUT2D eigenvalue weighted by Crippen LogP contribution is 2.34. The van der Waals surface area contributed by atoms with Crippen LogP contribution in [0.15, 0.2) is 41.1 Å². The number of nitrogens with one attached hydrogen (secondary N) is 1. The van der Waals surface area contributed by atoms with Crippen molar-refractivity contribution in [3.05, 3.63) is 46.7 Å². The number of aromatic nitrogens is 1. The van der Waals surface area contributed by atoms with E-state index in [9.17, 15) is 4.79 Å². The van der Waals surface area contributed by atoms with Crippen LogP contribution in [0, 0.1) is 0 Å². The molecule has 1 fully saturated rings. The molecule has 112 valence electrons. The molecule has 4 nitrogen and oxygen atoms in total. The Bertz CT molecular complexity index is 764. The number of thiophene rings is 1. The Labute approximate surface area is 136 Å². The van der Waals surface area contributed by atoms with Gasteiger partial charge < -0.3 is 4.90 Å². The van der Waals surface area contributed by atoms with Crippen LogP contribution < -0.4 is 5.32 Å². The lowest BCUT2D eigenvalue weighted by Gasteiger charge is -2.23. The molecule has 3 aromatic rings. The Hall–Kier alpha value is -1.92. The van der Waals surface area contributed by atoms with Gasteiger partial charge in [-0.1, -0.05) is 23.5 Å². The van der Waals surface area contributed by atoms with Crippen LogP contribution in [0.1, 0.15) is 24.4 Å². The third-order valence-corrected chi connectivity index (χ3v) is 5.60. The maximum Gasteiger partial charge on any atom is 0.324 e. The number of carbonyl (C=O) groups excluding carboxylic acids is 1. The van der Waals surface area contributed by atoms with E-state index in [1.54, 1.807) is 11.3 Å². The number of hydrogen-bond acceptors (Lipinski definition) is 4. The van der Waals surface area contributed by atoms with Gasteiger partial charge in [-0.2, -0.15) is 11.3 Å². The lowest BCUT2D eigenvalue weighted by Crippen LogP contribution is -2.34. The molecule has 3 heterocycles. The number of carbonyl (C=O) groups is 1. The number of amides is 2. The fraction of sp³-hybridized carbons (Fsp3) is 0.250. The standard InChI is InChI=1S/C16H15N3OS2/c20-16(18-15-17-12-4-1-2-6-14(12)22-15)19-8-3-5-13(19)11-7-9-21-10-11/h1-2,4,6-7,9-10,13H,3,5,8H2,(H,17,18,20)/t13-/m1/s1. The predicted molar refractivity (Wildman–Crippen MR) is 91.6 cm³/mol. The first kappa shape index (κ1) is 13.7. The van der Waals surface area contributed by atoms with Gasteiger partial charge in [-0.25, -0.2) is 9.78 Å². The average molecular weight is 329 g/mol. The third-order valence-electron chi connectivity index (χ3n) is 3.95. The minimum Gasteiger partial charge on any atom is -0.317 e. The molecule has 1 aromatic carbocycles. The van der Waals surface area contributed by atoms with Crippen molar-refractivity contribution in [2.75, 3.05) is 11.9 Å². The number of fused-ring (bicyclic) bond motifs is 1. The van der Waals surface area contributed by atoms with E-state index in [0.29, 0.717) is 5.13 Å². The highest BCUT2D eigenvalue weighted by Gasteiger charge is 2.30.